The molecule has 2 aromatic rings. The Labute approximate surface area is 123 Å². The number of benzene rings is 1. The minimum atomic E-state index is -0.0132. The molecule has 1 aromatic heterocycles. The van der Waals surface area contributed by atoms with Gasteiger partial charge in [-0.1, -0.05) is 24.3 Å². The van der Waals surface area contributed by atoms with Crippen molar-refractivity contribution in [2.45, 2.75) is 19.9 Å². The number of aromatic nitrogens is 2. The predicted molar refractivity (Wildman–Crippen MR) is 77.8 cm³/mol. The van der Waals surface area contributed by atoms with Gasteiger partial charge in [0.2, 0.25) is 5.88 Å². The van der Waals surface area contributed by atoms with E-state index in [9.17, 15) is 4.79 Å². The fourth-order valence-electron chi connectivity index (χ4n) is 2.44. The summed E-state index contributed by atoms with van der Waals surface area (Å²) in [4.78, 5) is 22.0. The number of ether oxygens (including phenoxy) is 1. The lowest BCUT2D eigenvalue weighted by Crippen LogP contribution is -2.38. The Bertz CT molecular complexity index is 657. The van der Waals surface area contributed by atoms with Crippen LogP contribution in [0.5, 0.6) is 5.88 Å². The molecule has 5 heteroatoms. The lowest BCUT2D eigenvalue weighted by atomic mass is 10.00. The standard InChI is InChI=1S/C16H17N3O2/c1-12-8-15(18-11-17-12)21-10-16(20)19-7-6-13-4-2-3-5-14(13)9-19/h2-5,8,11H,6-7,9-10H2,1H3. The number of hydrogen-bond donors (Lipinski definition) is 0. The van der Waals surface area contributed by atoms with Gasteiger partial charge >= 0.3 is 0 Å². The van der Waals surface area contributed by atoms with E-state index in [2.05, 4.69) is 22.1 Å². The van der Waals surface area contributed by atoms with Crippen LogP contribution in [0, 0.1) is 6.92 Å². The van der Waals surface area contributed by atoms with Gasteiger partial charge in [-0.05, 0) is 24.5 Å². The van der Waals surface area contributed by atoms with Crippen LogP contribution < -0.4 is 4.74 Å². The van der Waals surface area contributed by atoms with Gasteiger partial charge in [-0.3, -0.25) is 4.79 Å². The fourth-order valence-corrected chi connectivity index (χ4v) is 2.44. The van der Waals surface area contributed by atoms with Crippen molar-refractivity contribution >= 4 is 5.91 Å². The highest BCUT2D eigenvalue weighted by Gasteiger charge is 2.20. The molecule has 0 atom stereocenters. The largest absolute Gasteiger partial charge is 0.467 e. The van der Waals surface area contributed by atoms with E-state index in [1.165, 1.54) is 17.5 Å². The van der Waals surface area contributed by atoms with Crippen molar-refractivity contribution in [3.63, 3.8) is 0 Å². The lowest BCUT2D eigenvalue weighted by Gasteiger charge is -2.28. The maximum Gasteiger partial charge on any atom is 0.260 e. The van der Waals surface area contributed by atoms with Crippen molar-refractivity contribution in [3.05, 3.63) is 53.5 Å². The molecule has 0 fully saturated rings. The van der Waals surface area contributed by atoms with Crippen LogP contribution in [0.3, 0.4) is 0 Å². The summed E-state index contributed by atoms with van der Waals surface area (Å²) < 4.78 is 5.45. The molecule has 3 rings (SSSR count). The van der Waals surface area contributed by atoms with Crippen molar-refractivity contribution in [1.29, 1.82) is 0 Å². The van der Waals surface area contributed by atoms with E-state index in [0.29, 0.717) is 12.4 Å². The lowest BCUT2D eigenvalue weighted by molar-refractivity contribution is -0.134. The fraction of sp³-hybridized carbons (Fsp3) is 0.312. The van der Waals surface area contributed by atoms with Crippen molar-refractivity contribution in [3.8, 4) is 5.88 Å². The monoisotopic (exact) mass is 283 g/mol. The molecule has 5 nitrogen and oxygen atoms in total. The smallest absolute Gasteiger partial charge is 0.260 e. The third kappa shape index (κ3) is 3.18. The van der Waals surface area contributed by atoms with Crippen LogP contribution in [-0.2, 0) is 17.8 Å². The molecule has 0 bridgehead atoms. The third-order valence-electron chi connectivity index (χ3n) is 3.61. The van der Waals surface area contributed by atoms with Crippen molar-refractivity contribution < 1.29 is 9.53 Å². The van der Waals surface area contributed by atoms with E-state index in [1.807, 2.05) is 24.0 Å². The molecule has 1 amide bonds. The Morgan fingerprint density at radius 1 is 1.29 bits per heavy atom. The Hall–Kier alpha value is -2.43. The average molecular weight is 283 g/mol. The Morgan fingerprint density at radius 2 is 2.10 bits per heavy atom. The molecule has 0 saturated carbocycles. The number of aryl methyl sites for hydroxylation is 1. The zero-order valence-electron chi connectivity index (χ0n) is 12.0. The molecular formula is C16H17N3O2. The van der Waals surface area contributed by atoms with Crippen LogP contribution in [0.15, 0.2) is 36.7 Å². The summed E-state index contributed by atoms with van der Waals surface area (Å²) in [5.74, 6) is 0.425. The Kier molecular flexibility index (Phi) is 3.81. The normalized spacial score (nSPS) is 13.7. The molecule has 0 spiro atoms. The summed E-state index contributed by atoms with van der Waals surface area (Å²) in [6.07, 6.45) is 2.33. The van der Waals surface area contributed by atoms with Gasteiger partial charge in [0, 0.05) is 24.8 Å². The van der Waals surface area contributed by atoms with E-state index in [-0.39, 0.29) is 12.5 Å². The van der Waals surface area contributed by atoms with E-state index >= 15 is 0 Å². The summed E-state index contributed by atoms with van der Waals surface area (Å²) in [6.45, 7) is 3.26. The highest BCUT2D eigenvalue weighted by atomic mass is 16.5. The number of carbonyl (C=O) groups excluding carboxylic acids is 1. The zero-order chi connectivity index (χ0) is 14.7. The molecule has 0 aliphatic carbocycles. The third-order valence-corrected chi connectivity index (χ3v) is 3.61. The highest BCUT2D eigenvalue weighted by molar-refractivity contribution is 5.78. The van der Waals surface area contributed by atoms with Gasteiger partial charge < -0.3 is 9.64 Å². The number of rotatable bonds is 3. The summed E-state index contributed by atoms with van der Waals surface area (Å²) in [6, 6.07) is 9.96. The first kappa shape index (κ1) is 13.5. The summed E-state index contributed by atoms with van der Waals surface area (Å²) >= 11 is 0. The van der Waals surface area contributed by atoms with Gasteiger partial charge in [-0.2, -0.15) is 0 Å². The first-order valence-electron chi connectivity index (χ1n) is 6.98. The Morgan fingerprint density at radius 3 is 2.90 bits per heavy atom. The molecule has 108 valence electrons. The predicted octanol–water partition coefficient (Wildman–Crippen LogP) is 1.75. The Balaban J connectivity index is 1.59. The SMILES string of the molecule is Cc1cc(OCC(=O)N2CCc3ccccc3C2)ncn1. The summed E-state index contributed by atoms with van der Waals surface area (Å²) in [5, 5.41) is 0. The number of hydrogen-bond acceptors (Lipinski definition) is 4. The van der Waals surface area contributed by atoms with Gasteiger partial charge in [0.25, 0.3) is 5.91 Å². The maximum absolute atomic E-state index is 12.2. The second-order valence-corrected chi connectivity index (χ2v) is 5.12. The first-order chi connectivity index (χ1) is 10.2. The number of amides is 1. The van der Waals surface area contributed by atoms with Gasteiger partial charge in [-0.25, -0.2) is 9.97 Å². The van der Waals surface area contributed by atoms with Crippen LogP contribution in [0.1, 0.15) is 16.8 Å². The van der Waals surface area contributed by atoms with E-state index in [4.69, 9.17) is 4.74 Å². The van der Waals surface area contributed by atoms with Crippen molar-refractivity contribution in [2.75, 3.05) is 13.2 Å². The molecule has 2 heterocycles. The van der Waals surface area contributed by atoms with Crippen LogP contribution in [0.4, 0.5) is 0 Å². The molecule has 0 radical (unpaired) electrons. The number of carbonyl (C=O) groups is 1. The van der Waals surface area contributed by atoms with E-state index in [0.717, 1.165) is 18.7 Å². The minimum absolute atomic E-state index is 0.0125. The zero-order valence-corrected chi connectivity index (χ0v) is 12.0. The van der Waals surface area contributed by atoms with Crippen LogP contribution in [-0.4, -0.2) is 33.9 Å². The maximum atomic E-state index is 12.2. The van der Waals surface area contributed by atoms with Gasteiger partial charge in [0.15, 0.2) is 6.61 Å². The summed E-state index contributed by atoms with van der Waals surface area (Å²) in [7, 11) is 0. The van der Waals surface area contributed by atoms with Crippen molar-refractivity contribution in [2.24, 2.45) is 0 Å². The highest BCUT2D eigenvalue weighted by Crippen LogP contribution is 2.18. The average Bonchev–Trinajstić information content (AvgIpc) is 2.52. The van der Waals surface area contributed by atoms with Crippen LogP contribution >= 0.6 is 0 Å². The summed E-state index contributed by atoms with van der Waals surface area (Å²) in [5.41, 5.74) is 3.36. The molecule has 0 N–H and O–H groups in total. The second-order valence-electron chi connectivity index (χ2n) is 5.12. The van der Waals surface area contributed by atoms with Crippen molar-refractivity contribution in [1.82, 2.24) is 14.9 Å². The van der Waals surface area contributed by atoms with Gasteiger partial charge in [0.1, 0.15) is 6.33 Å². The number of fused-ring (bicyclic) bond motifs is 1. The van der Waals surface area contributed by atoms with Crippen LogP contribution in [0.25, 0.3) is 0 Å². The van der Waals surface area contributed by atoms with E-state index in [1.54, 1.807) is 6.07 Å². The molecule has 21 heavy (non-hydrogen) atoms. The quantitative estimate of drug-likeness (QED) is 0.861. The van der Waals surface area contributed by atoms with Gasteiger partial charge in [0.05, 0.1) is 0 Å². The molecular weight excluding hydrogens is 266 g/mol. The van der Waals surface area contributed by atoms with E-state index < -0.39 is 0 Å². The van der Waals surface area contributed by atoms with Crippen LogP contribution in [0.2, 0.25) is 0 Å². The molecule has 1 aliphatic heterocycles. The molecule has 1 aromatic carbocycles. The van der Waals surface area contributed by atoms with Gasteiger partial charge in [-0.15, -0.1) is 0 Å². The topological polar surface area (TPSA) is 55.3 Å². The second kappa shape index (κ2) is 5.91. The molecule has 0 saturated heterocycles. The molecule has 0 unspecified atom stereocenters. The first-order valence-corrected chi connectivity index (χ1v) is 6.98. The minimum Gasteiger partial charge on any atom is -0.467 e. The number of nitrogens with zero attached hydrogens (tertiary/aromatic N) is 3. The molecule has 1 aliphatic rings.